The van der Waals surface area contributed by atoms with E-state index >= 15 is 0 Å². The molecule has 23 heavy (non-hydrogen) atoms. The van der Waals surface area contributed by atoms with E-state index in [1.165, 1.54) is 12.8 Å². The Bertz CT molecular complexity index is 496. The molecule has 5 heteroatoms. The van der Waals surface area contributed by atoms with E-state index in [1.54, 1.807) is 0 Å². The van der Waals surface area contributed by atoms with Crippen LogP contribution in [0.15, 0.2) is 0 Å². The zero-order chi connectivity index (χ0) is 16.0. The standard InChI is InChI=1S/C18H28N2O3/c1-12-8-15(12)17(22)20-10-18(11-20)14(5-7-23-18)4-6-19-16(21)9-13-2-3-13/h12-15H,2-11H2,1H3,(H,19,21)/t12-,14-,15+/m1/s1. The molecule has 0 unspecified atom stereocenters. The third-order valence-electron chi connectivity index (χ3n) is 6.24. The van der Waals surface area contributed by atoms with Crippen LogP contribution in [-0.2, 0) is 14.3 Å². The molecule has 2 aliphatic heterocycles. The summed E-state index contributed by atoms with van der Waals surface area (Å²) in [4.78, 5) is 26.0. The summed E-state index contributed by atoms with van der Waals surface area (Å²) in [5.41, 5.74) is -0.116. The lowest BCUT2D eigenvalue weighted by Crippen LogP contribution is -2.66. The van der Waals surface area contributed by atoms with Gasteiger partial charge < -0.3 is 15.0 Å². The van der Waals surface area contributed by atoms with Gasteiger partial charge in [-0.1, -0.05) is 6.92 Å². The lowest BCUT2D eigenvalue weighted by Gasteiger charge is -2.50. The van der Waals surface area contributed by atoms with Gasteiger partial charge in [0, 0.05) is 25.5 Å². The van der Waals surface area contributed by atoms with Crippen LogP contribution < -0.4 is 5.32 Å². The van der Waals surface area contributed by atoms with Gasteiger partial charge in [0.25, 0.3) is 0 Å². The first kappa shape index (κ1) is 15.4. The lowest BCUT2D eigenvalue weighted by molar-refractivity contribution is -0.166. The van der Waals surface area contributed by atoms with Crippen LogP contribution in [0.25, 0.3) is 0 Å². The average molecular weight is 320 g/mol. The molecule has 0 aromatic heterocycles. The number of amides is 2. The zero-order valence-corrected chi connectivity index (χ0v) is 14.1. The van der Waals surface area contributed by atoms with Crippen LogP contribution in [0.1, 0.15) is 45.4 Å². The summed E-state index contributed by atoms with van der Waals surface area (Å²) in [7, 11) is 0. The highest BCUT2D eigenvalue weighted by atomic mass is 16.5. The van der Waals surface area contributed by atoms with Gasteiger partial charge in [-0.2, -0.15) is 0 Å². The summed E-state index contributed by atoms with van der Waals surface area (Å²) in [6.07, 6.45) is 6.22. The minimum absolute atomic E-state index is 0.116. The molecular weight excluding hydrogens is 292 g/mol. The maximum absolute atomic E-state index is 12.3. The van der Waals surface area contributed by atoms with Crippen LogP contribution in [0.2, 0.25) is 0 Å². The van der Waals surface area contributed by atoms with E-state index in [0.717, 1.165) is 45.5 Å². The largest absolute Gasteiger partial charge is 0.371 e. The molecule has 0 radical (unpaired) electrons. The summed E-state index contributed by atoms with van der Waals surface area (Å²) >= 11 is 0. The van der Waals surface area contributed by atoms with Crippen molar-refractivity contribution in [3.05, 3.63) is 0 Å². The number of nitrogens with zero attached hydrogens (tertiary/aromatic N) is 1. The van der Waals surface area contributed by atoms with E-state index in [9.17, 15) is 9.59 Å². The number of rotatable bonds is 6. The molecule has 4 rings (SSSR count). The molecule has 0 aromatic carbocycles. The van der Waals surface area contributed by atoms with E-state index in [0.29, 0.717) is 30.1 Å². The van der Waals surface area contributed by atoms with Gasteiger partial charge in [0.15, 0.2) is 0 Å². The van der Waals surface area contributed by atoms with Crippen molar-refractivity contribution in [2.24, 2.45) is 23.7 Å². The summed E-state index contributed by atoms with van der Waals surface area (Å²) < 4.78 is 6.02. The van der Waals surface area contributed by atoms with Crippen molar-refractivity contribution in [3.8, 4) is 0 Å². The zero-order valence-electron chi connectivity index (χ0n) is 14.1. The van der Waals surface area contributed by atoms with Gasteiger partial charge in [0.1, 0.15) is 5.60 Å². The maximum Gasteiger partial charge on any atom is 0.226 e. The first-order chi connectivity index (χ1) is 11.1. The topological polar surface area (TPSA) is 58.6 Å². The van der Waals surface area contributed by atoms with Gasteiger partial charge in [0.05, 0.1) is 13.1 Å². The van der Waals surface area contributed by atoms with Gasteiger partial charge in [-0.25, -0.2) is 0 Å². The fraction of sp³-hybridized carbons (Fsp3) is 0.889. The molecule has 128 valence electrons. The molecule has 0 bridgehead atoms. The van der Waals surface area contributed by atoms with E-state index in [1.807, 2.05) is 4.90 Å². The van der Waals surface area contributed by atoms with Crippen LogP contribution in [0, 0.1) is 23.7 Å². The minimum atomic E-state index is -0.116. The van der Waals surface area contributed by atoms with Crippen molar-refractivity contribution in [1.29, 1.82) is 0 Å². The van der Waals surface area contributed by atoms with Crippen molar-refractivity contribution in [3.63, 3.8) is 0 Å². The molecule has 4 fully saturated rings. The van der Waals surface area contributed by atoms with Crippen molar-refractivity contribution in [1.82, 2.24) is 10.2 Å². The smallest absolute Gasteiger partial charge is 0.226 e. The molecule has 0 aromatic rings. The van der Waals surface area contributed by atoms with Crippen molar-refractivity contribution >= 4 is 11.8 Å². The predicted octanol–water partition coefficient (Wildman–Crippen LogP) is 1.57. The van der Waals surface area contributed by atoms with Crippen LogP contribution in [0.4, 0.5) is 0 Å². The molecule has 2 saturated heterocycles. The quantitative estimate of drug-likeness (QED) is 0.808. The number of hydrogen-bond acceptors (Lipinski definition) is 3. The number of carbonyl (C=O) groups excluding carboxylic acids is 2. The fourth-order valence-electron chi connectivity index (χ4n) is 4.24. The van der Waals surface area contributed by atoms with Gasteiger partial charge >= 0.3 is 0 Å². The Labute approximate surface area is 138 Å². The first-order valence-electron chi connectivity index (χ1n) is 9.27. The Hall–Kier alpha value is -1.10. The molecule has 1 spiro atoms. The fourth-order valence-corrected chi connectivity index (χ4v) is 4.24. The number of nitrogens with one attached hydrogen (secondary N) is 1. The molecule has 2 heterocycles. The summed E-state index contributed by atoms with van der Waals surface area (Å²) in [5.74, 6) is 2.50. The number of carbonyl (C=O) groups is 2. The van der Waals surface area contributed by atoms with Crippen LogP contribution in [-0.4, -0.2) is 48.6 Å². The second kappa shape index (κ2) is 5.76. The Morgan fingerprint density at radius 3 is 2.65 bits per heavy atom. The average Bonchev–Trinajstić information content (AvgIpc) is 3.37. The Morgan fingerprint density at radius 2 is 2.00 bits per heavy atom. The molecule has 2 aliphatic carbocycles. The highest BCUT2D eigenvalue weighted by molar-refractivity contribution is 5.82. The van der Waals surface area contributed by atoms with Gasteiger partial charge in [-0.05, 0) is 49.9 Å². The van der Waals surface area contributed by atoms with Crippen LogP contribution >= 0.6 is 0 Å². The minimum Gasteiger partial charge on any atom is -0.371 e. The second-order valence-electron chi connectivity index (χ2n) is 8.20. The molecule has 3 atom stereocenters. The molecular formula is C18H28N2O3. The second-order valence-corrected chi connectivity index (χ2v) is 8.20. The van der Waals surface area contributed by atoms with Crippen LogP contribution in [0.5, 0.6) is 0 Å². The van der Waals surface area contributed by atoms with E-state index in [-0.39, 0.29) is 17.4 Å². The van der Waals surface area contributed by atoms with E-state index in [4.69, 9.17) is 4.74 Å². The van der Waals surface area contributed by atoms with E-state index in [2.05, 4.69) is 12.2 Å². The molecule has 2 saturated carbocycles. The van der Waals surface area contributed by atoms with Crippen molar-refractivity contribution in [2.75, 3.05) is 26.2 Å². The highest BCUT2D eigenvalue weighted by Gasteiger charge is 2.56. The normalized spacial score (nSPS) is 34.3. The van der Waals surface area contributed by atoms with Gasteiger partial charge in [-0.3, -0.25) is 9.59 Å². The Morgan fingerprint density at radius 1 is 1.26 bits per heavy atom. The van der Waals surface area contributed by atoms with E-state index < -0.39 is 0 Å². The van der Waals surface area contributed by atoms with Gasteiger partial charge in [-0.15, -0.1) is 0 Å². The predicted molar refractivity (Wildman–Crippen MR) is 85.6 cm³/mol. The highest BCUT2D eigenvalue weighted by Crippen LogP contribution is 2.45. The monoisotopic (exact) mass is 320 g/mol. The summed E-state index contributed by atoms with van der Waals surface area (Å²) in [6.45, 7) is 5.21. The van der Waals surface area contributed by atoms with Crippen LogP contribution in [0.3, 0.4) is 0 Å². The lowest BCUT2D eigenvalue weighted by atomic mass is 9.78. The van der Waals surface area contributed by atoms with Crippen molar-refractivity contribution < 1.29 is 14.3 Å². The first-order valence-corrected chi connectivity index (χ1v) is 9.27. The maximum atomic E-state index is 12.3. The third-order valence-corrected chi connectivity index (χ3v) is 6.24. The molecule has 2 amide bonds. The molecule has 4 aliphatic rings. The van der Waals surface area contributed by atoms with Gasteiger partial charge in [0.2, 0.25) is 11.8 Å². The number of ether oxygens (including phenoxy) is 1. The Balaban J connectivity index is 1.21. The summed E-state index contributed by atoms with van der Waals surface area (Å²) in [6, 6.07) is 0. The molecule has 1 N–H and O–H groups in total. The number of hydrogen-bond donors (Lipinski definition) is 1. The van der Waals surface area contributed by atoms with Crippen molar-refractivity contribution in [2.45, 2.75) is 51.0 Å². The SMILES string of the molecule is C[C@@H]1C[C@@H]1C(=O)N1CC2(C1)OCC[C@H]2CCNC(=O)CC1CC1. The third kappa shape index (κ3) is 3.12. The summed E-state index contributed by atoms with van der Waals surface area (Å²) in [5, 5.41) is 3.06. The molecule has 5 nitrogen and oxygen atoms in total. The Kier molecular flexibility index (Phi) is 3.87. The number of likely N-dealkylation sites (tertiary alicyclic amines) is 1.